The quantitative estimate of drug-likeness (QED) is 0.374. The van der Waals surface area contributed by atoms with Crippen molar-refractivity contribution in [1.82, 2.24) is 0 Å². The molecule has 0 N–H and O–H groups in total. The van der Waals surface area contributed by atoms with Crippen LogP contribution >= 0.6 is 0 Å². The van der Waals surface area contributed by atoms with Gasteiger partial charge >= 0.3 is 0 Å². The first-order chi connectivity index (χ1) is 5.48. The highest BCUT2D eigenvalue weighted by Gasteiger charge is 2.02. The van der Waals surface area contributed by atoms with E-state index in [0.29, 0.717) is 5.57 Å². The van der Waals surface area contributed by atoms with Gasteiger partial charge in [0.25, 0.3) is 10.1 Å². The summed E-state index contributed by atoms with van der Waals surface area (Å²) in [4.78, 5) is 0. The van der Waals surface area contributed by atoms with E-state index in [2.05, 4.69) is 17.3 Å². The predicted octanol–water partition coefficient (Wildman–Crippen LogP) is 1.61. The van der Waals surface area contributed by atoms with E-state index >= 15 is 0 Å². The summed E-state index contributed by atoms with van der Waals surface area (Å²) in [7, 11) is -3.55. The second-order valence-electron chi connectivity index (χ2n) is 2.22. The fraction of sp³-hybridized carbons (Fsp3) is 0.250. The van der Waals surface area contributed by atoms with Gasteiger partial charge in [-0.15, -0.1) is 6.58 Å². The molecule has 0 rings (SSSR count). The van der Waals surface area contributed by atoms with Crippen molar-refractivity contribution in [2.24, 2.45) is 0 Å². The van der Waals surface area contributed by atoms with Crippen molar-refractivity contribution < 1.29 is 12.6 Å². The average Bonchev–Trinajstić information content (AvgIpc) is 1.98. The van der Waals surface area contributed by atoms with Gasteiger partial charge in [0.2, 0.25) is 0 Å². The summed E-state index contributed by atoms with van der Waals surface area (Å²) < 4.78 is 26.2. The standard InChI is InChI=1S/C8H12O3S/c1-4-6-11-12(9,10)7-5-8(2)3/h4-5,7H,1-2,6H2,3H3. The molecule has 12 heavy (non-hydrogen) atoms. The molecule has 0 aromatic carbocycles. The Bertz CT molecular complexity index is 285. The van der Waals surface area contributed by atoms with E-state index in [0.717, 1.165) is 5.41 Å². The second-order valence-corrected chi connectivity index (χ2v) is 3.71. The fourth-order valence-corrected chi connectivity index (χ4v) is 1.15. The van der Waals surface area contributed by atoms with Crippen LogP contribution in [-0.4, -0.2) is 15.0 Å². The summed E-state index contributed by atoms with van der Waals surface area (Å²) in [5.41, 5.74) is 0.653. The van der Waals surface area contributed by atoms with Crippen molar-refractivity contribution in [1.29, 1.82) is 0 Å². The topological polar surface area (TPSA) is 43.4 Å². The van der Waals surface area contributed by atoms with Crippen LogP contribution in [0.4, 0.5) is 0 Å². The van der Waals surface area contributed by atoms with Crippen LogP contribution in [0.15, 0.2) is 36.3 Å². The van der Waals surface area contributed by atoms with Gasteiger partial charge in [-0.05, 0) is 13.0 Å². The molecule has 68 valence electrons. The molecule has 0 bridgehead atoms. The van der Waals surface area contributed by atoms with Crippen LogP contribution in [0.1, 0.15) is 6.92 Å². The van der Waals surface area contributed by atoms with E-state index in [4.69, 9.17) is 0 Å². The second kappa shape index (κ2) is 4.90. The highest BCUT2D eigenvalue weighted by Crippen LogP contribution is 1.98. The molecule has 3 nitrogen and oxygen atoms in total. The van der Waals surface area contributed by atoms with Gasteiger partial charge in [0.05, 0.1) is 12.0 Å². The van der Waals surface area contributed by atoms with Crippen LogP contribution in [0.5, 0.6) is 0 Å². The molecule has 0 aliphatic rings. The zero-order chi connectivity index (χ0) is 9.61. The Morgan fingerprint density at radius 1 is 1.58 bits per heavy atom. The molecule has 0 aromatic rings. The summed E-state index contributed by atoms with van der Waals surface area (Å²) in [6, 6.07) is 0. The molecule has 0 saturated heterocycles. The summed E-state index contributed by atoms with van der Waals surface area (Å²) in [6.07, 6.45) is 2.74. The van der Waals surface area contributed by atoms with Crippen molar-refractivity contribution in [3.8, 4) is 0 Å². The zero-order valence-corrected chi connectivity index (χ0v) is 7.80. The van der Waals surface area contributed by atoms with Crippen molar-refractivity contribution in [2.75, 3.05) is 6.61 Å². The van der Waals surface area contributed by atoms with Crippen LogP contribution in [0.2, 0.25) is 0 Å². The Morgan fingerprint density at radius 2 is 2.17 bits per heavy atom. The molecule has 0 aliphatic heterocycles. The maximum Gasteiger partial charge on any atom is 0.290 e. The van der Waals surface area contributed by atoms with E-state index in [1.54, 1.807) is 6.92 Å². The lowest BCUT2D eigenvalue weighted by Gasteiger charge is -1.95. The molecule has 0 saturated carbocycles. The van der Waals surface area contributed by atoms with Gasteiger partial charge in [0.1, 0.15) is 0 Å². The maximum absolute atomic E-state index is 10.9. The monoisotopic (exact) mass is 188 g/mol. The Kier molecular flexibility index (Phi) is 4.54. The number of hydrogen-bond acceptors (Lipinski definition) is 3. The molecule has 0 aromatic heterocycles. The number of allylic oxidation sites excluding steroid dienone is 2. The lowest BCUT2D eigenvalue weighted by molar-refractivity contribution is 0.364. The summed E-state index contributed by atoms with van der Waals surface area (Å²) in [5.74, 6) is 0. The van der Waals surface area contributed by atoms with Crippen LogP contribution in [0.25, 0.3) is 0 Å². The number of rotatable bonds is 5. The Morgan fingerprint density at radius 3 is 2.58 bits per heavy atom. The molecule has 0 amide bonds. The molecule has 0 aliphatic carbocycles. The van der Waals surface area contributed by atoms with E-state index in [1.165, 1.54) is 12.2 Å². The van der Waals surface area contributed by atoms with Crippen molar-refractivity contribution >= 4 is 10.1 Å². The van der Waals surface area contributed by atoms with Crippen molar-refractivity contribution in [3.63, 3.8) is 0 Å². The molecule has 4 heteroatoms. The minimum atomic E-state index is -3.55. The van der Waals surface area contributed by atoms with E-state index in [1.807, 2.05) is 0 Å². The molecular weight excluding hydrogens is 176 g/mol. The Labute approximate surface area is 73.2 Å². The predicted molar refractivity (Wildman–Crippen MR) is 49.0 cm³/mol. The van der Waals surface area contributed by atoms with Crippen LogP contribution < -0.4 is 0 Å². The first-order valence-corrected chi connectivity index (χ1v) is 4.79. The molecule has 0 radical (unpaired) electrons. The molecule has 0 spiro atoms. The number of hydrogen-bond donors (Lipinski definition) is 0. The highest BCUT2D eigenvalue weighted by atomic mass is 32.2. The van der Waals surface area contributed by atoms with Crippen LogP contribution in [0, 0.1) is 0 Å². The summed E-state index contributed by atoms with van der Waals surface area (Å²) in [6.45, 7) is 8.52. The van der Waals surface area contributed by atoms with Gasteiger partial charge < -0.3 is 0 Å². The van der Waals surface area contributed by atoms with Crippen molar-refractivity contribution in [2.45, 2.75) is 6.92 Å². The van der Waals surface area contributed by atoms with Gasteiger partial charge in [-0.2, -0.15) is 8.42 Å². The molecule has 0 atom stereocenters. The summed E-state index contributed by atoms with van der Waals surface area (Å²) >= 11 is 0. The maximum atomic E-state index is 10.9. The smallest absolute Gasteiger partial charge is 0.263 e. The van der Waals surface area contributed by atoms with Gasteiger partial charge in [-0.1, -0.05) is 18.2 Å². The van der Waals surface area contributed by atoms with Gasteiger partial charge in [-0.3, -0.25) is 4.18 Å². The highest BCUT2D eigenvalue weighted by molar-refractivity contribution is 7.89. The van der Waals surface area contributed by atoms with E-state index < -0.39 is 10.1 Å². The van der Waals surface area contributed by atoms with Crippen LogP contribution in [-0.2, 0) is 14.3 Å². The van der Waals surface area contributed by atoms with Gasteiger partial charge in [-0.25, -0.2) is 0 Å². The van der Waals surface area contributed by atoms with Crippen LogP contribution in [0.3, 0.4) is 0 Å². The third-order valence-corrected chi connectivity index (χ3v) is 1.80. The molecule has 0 unspecified atom stereocenters. The normalized spacial score (nSPS) is 11.8. The first kappa shape index (κ1) is 11.1. The largest absolute Gasteiger partial charge is 0.290 e. The fourth-order valence-electron chi connectivity index (χ4n) is 0.382. The Hall–Kier alpha value is -0.870. The van der Waals surface area contributed by atoms with Crippen molar-refractivity contribution in [3.05, 3.63) is 36.3 Å². The molecule has 0 heterocycles. The molecule has 0 fully saturated rings. The zero-order valence-electron chi connectivity index (χ0n) is 6.99. The summed E-state index contributed by atoms with van der Waals surface area (Å²) in [5, 5.41) is 0.971. The minimum Gasteiger partial charge on any atom is -0.263 e. The van der Waals surface area contributed by atoms with E-state index in [9.17, 15) is 8.42 Å². The van der Waals surface area contributed by atoms with E-state index in [-0.39, 0.29) is 6.61 Å². The third-order valence-electron chi connectivity index (χ3n) is 0.869. The van der Waals surface area contributed by atoms with Gasteiger partial charge in [0, 0.05) is 0 Å². The molecular formula is C8H12O3S. The lowest BCUT2D eigenvalue weighted by atomic mass is 10.4. The SMILES string of the molecule is C=CCOS(=O)(=O)C=CC(=C)C. The average molecular weight is 188 g/mol. The minimum absolute atomic E-state index is 0.0110. The Balaban J connectivity index is 4.23. The third kappa shape index (κ3) is 5.88. The van der Waals surface area contributed by atoms with Gasteiger partial charge in [0.15, 0.2) is 0 Å². The first-order valence-electron chi connectivity index (χ1n) is 3.32. The lowest BCUT2D eigenvalue weighted by Crippen LogP contribution is -2.01.